The van der Waals surface area contributed by atoms with E-state index in [9.17, 15) is 0 Å². The summed E-state index contributed by atoms with van der Waals surface area (Å²) in [6.45, 7) is 2.00. The van der Waals surface area contributed by atoms with Crippen LogP contribution < -0.4 is 0 Å². The molecule has 0 amide bonds. The second kappa shape index (κ2) is 18.1. The van der Waals surface area contributed by atoms with Crippen LogP contribution in [0.4, 0.5) is 0 Å². The fourth-order valence-corrected chi connectivity index (χ4v) is 3.83. The van der Waals surface area contributed by atoms with Crippen molar-refractivity contribution in [2.45, 2.75) is 64.3 Å². The van der Waals surface area contributed by atoms with Gasteiger partial charge in [-0.25, -0.2) is 0 Å². The van der Waals surface area contributed by atoms with Crippen LogP contribution in [0.1, 0.15) is 58.3 Å². The van der Waals surface area contributed by atoms with Crippen LogP contribution in [0.3, 0.4) is 0 Å². The zero-order chi connectivity index (χ0) is 16.4. The highest BCUT2D eigenvalue weighted by molar-refractivity contribution is 6.60. The van der Waals surface area contributed by atoms with Gasteiger partial charge in [-0.15, -0.1) is 0 Å². The summed E-state index contributed by atoms with van der Waals surface area (Å²) in [5, 5.41) is 15.2. The first-order valence-electron chi connectivity index (χ1n) is 8.03. The number of unbranched alkanes of at least 4 members (excludes halogenated alkanes) is 7. The minimum Gasteiger partial charge on any atom is -0.394 e. The molecule has 21 heavy (non-hydrogen) atoms. The molecule has 0 rings (SSSR count). The van der Waals surface area contributed by atoms with Crippen LogP contribution in [0.25, 0.3) is 0 Å². The van der Waals surface area contributed by atoms with Gasteiger partial charge >= 0.3 is 8.80 Å². The summed E-state index contributed by atoms with van der Waals surface area (Å²) in [6.07, 6.45) is 10.6. The van der Waals surface area contributed by atoms with Crippen molar-refractivity contribution in [2.24, 2.45) is 0 Å². The van der Waals surface area contributed by atoms with Crippen molar-refractivity contribution in [1.29, 1.82) is 0 Å². The Morgan fingerprint density at radius 3 is 1.38 bits per heavy atom. The minimum absolute atomic E-state index is 0.125. The molecule has 0 aromatic carbocycles. The third-order valence-corrected chi connectivity index (χ3v) is 6.20. The molecule has 0 saturated carbocycles. The van der Waals surface area contributed by atoms with Crippen LogP contribution >= 0.6 is 0 Å². The monoisotopic (exact) mass is 324 g/mol. The number of aliphatic hydroxyl groups is 2. The molecule has 0 heterocycles. The van der Waals surface area contributed by atoms with Crippen molar-refractivity contribution >= 4 is 8.80 Å². The lowest BCUT2D eigenvalue weighted by atomic mass is 10.1. The van der Waals surface area contributed by atoms with Crippen molar-refractivity contribution in [3.8, 4) is 0 Å². The number of aliphatic hydroxyl groups excluding tert-OH is 2. The molecule has 0 unspecified atom stereocenters. The fraction of sp³-hybridized carbons (Fsp3) is 1.00. The zero-order valence-corrected chi connectivity index (χ0v) is 15.4. The van der Waals surface area contributed by atoms with Gasteiger partial charge in [-0.05, 0) is 6.42 Å². The minimum atomic E-state index is -2.30. The Morgan fingerprint density at radius 1 is 0.667 bits per heavy atom. The molecule has 0 aromatic heterocycles. The Labute approximate surface area is 132 Å². The molecule has 0 radical (unpaired) electrons. The van der Waals surface area contributed by atoms with Gasteiger partial charge in [0.25, 0.3) is 0 Å². The van der Waals surface area contributed by atoms with E-state index >= 15 is 0 Å². The van der Waals surface area contributed by atoms with Crippen LogP contribution in [-0.2, 0) is 13.3 Å². The van der Waals surface area contributed by atoms with Crippen LogP contribution in [0, 0.1) is 0 Å². The Kier molecular flexibility index (Phi) is 20.0. The van der Waals surface area contributed by atoms with Crippen molar-refractivity contribution in [3.63, 3.8) is 0 Å². The van der Waals surface area contributed by atoms with Crippen LogP contribution in [0.15, 0.2) is 0 Å². The summed E-state index contributed by atoms with van der Waals surface area (Å²) in [5.74, 6) is 0. The van der Waals surface area contributed by atoms with E-state index in [1.165, 1.54) is 44.9 Å². The van der Waals surface area contributed by atoms with E-state index in [2.05, 4.69) is 6.92 Å². The Balaban J connectivity index is 0. The van der Waals surface area contributed by atoms with E-state index in [1.807, 2.05) is 0 Å². The second-order valence-corrected chi connectivity index (χ2v) is 8.06. The average Bonchev–Trinajstić information content (AvgIpc) is 2.54. The highest BCUT2D eigenvalue weighted by Gasteiger charge is 2.36. The molecule has 0 aliphatic carbocycles. The molecule has 0 fully saturated rings. The van der Waals surface area contributed by atoms with Crippen molar-refractivity contribution in [3.05, 3.63) is 0 Å². The molecule has 0 aromatic rings. The molecular weight excluding hydrogens is 288 g/mol. The first-order valence-corrected chi connectivity index (χ1v) is 9.96. The summed E-state index contributed by atoms with van der Waals surface area (Å²) in [5.41, 5.74) is 0. The molecule has 0 aliphatic heterocycles. The SMILES string of the molecule is CCCCCCCCCC[Si](OC)(OC)OC.OCCO. The predicted octanol–water partition coefficient (Wildman–Crippen LogP) is 2.98. The lowest BCUT2D eigenvalue weighted by Crippen LogP contribution is -2.42. The van der Waals surface area contributed by atoms with Crippen molar-refractivity contribution in [2.75, 3.05) is 34.5 Å². The highest BCUT2D eigenvalue weighted by atomic mass is 28.4. The van der Waals surface area contributed by atoms with Gasteiger partial charge in [-0.2, -0.15) is 0 Å². The summed E-state index contributed by atoms with van der Waals surface area (Å²) >= 11 is 0. The van der Waals surface area contributed by atoms with E-state index in [4.69, 9.17) is 23.5 Å². The van der Waals surface area contributed by atoms with Crippen LogP contribution in [0.2, 0.25) is 6.04 Å². The lowest BCUT2D eigenvalue weighted by Gasteiger charge is -2.24. The smallest absolute Gasteiger partial charge is 0.394 e. The maximum absolute atomic E-state index is 7.62. The zero-order valence-electron chi connectivity index (χ0n) is 14.4. The van der Waals surface area contributed by atoms with E-state index in [0.29, 0.717) is 0 Å². The van der Waals surface area contributed by atoms with Crippen molar-refractivity contribution in [1.82, 2.24) is 0 Å². The fourth-order valence-electron chi connectivity index (χ4n) is 2.03. The van der Waals surface area contributed by atoms with Gasteiger partial charge in [0.15, 0.2) is 0 Å². The highest BCUT2D eigenvalue weighted by Crippen LogP contribution is 2.18. The van der Waals surface area contributed by atoms with Crippen molar-refractivity contribution < 1.29 is 23.5 Å². The third-order valence-electron chi connectivity index (χ3n) is 3.37. The summed E-state index contributed by atoms with van der Waals surface area (Å²) in [6, 6.07) is 0.936. The second-order valence-electron chi connectivity index (χ2n) is 4.97. The molecule has 5 nitrogen and oxygen atoms in total. The predicted molar refractivity (Wildman–Crippen MR) is 88.4 cm³/mol. The Morgan fingerprint density at radius 2 is 1.05 bits per heavy atom. The van der Waals surface area contributed by atoms with Crippen LogP contribution in [0.5, 0.6) is 0 Å². The maximum Gasteiger partial charge on any atom is 0.500 e. The number of hydrogen-bond acceptors (Lipinski definition) is 5. The lowest BCUT2D eigenvalue weighted by molar-refractivity contribution is 0.122. The first-order chi connectivity index (χ1) is 10.2. The maximum atomic E-state index is 7.62. The van der Waals surface area contributed by atoms with Crippen LogP contribution in [-0.4, -0.2) is 53.6 Å². The molecular formula is C15H36O5Si. The quantitative estimate of drug-likeness (QED) is 0.403. The molecule has 2 N–H and O–H groups in total. The Bertz CT molecular complexity index is 179. The van der Waals surface area contributed by atoms with Gasteiger partial charge < -0.3 is 23.5 Å². The molecule has 130 valence electrons. The summed E-state index contributed by atoms with van der Waals surface area (Å²) in [4.78, 5) is 0. The largest absolute Gasteiger partial charge is 0.500 e. The molecule has 0 saturated heterocycles. The molecule has 0 bridgehead atoms. The molecule has 0 aliphatic rings. The van der Waals surface area contributed by atoms with E-state index in [0.717, 1.165) is 12.5 Å². The van der Waals surface area contributed by atoms with Gasteiger partial charge in [-0.1, -0.05) is 51.9 Å². The Hall–Kier alpha value is 0.0169. The number of hydrogen-bond donors (Lipinski definition) is 2. The normalized spacial score (nSPS) is 11.1. The number of rotatable bonds is 13. The van der Waals surface area contributed by atoms with E-state index in [1.54, 1.807) is 21.3 Å². The summed E-state index contributed by atoms with van der Waals surface area (Å²) in [7, 11) is 2.75. The average molecular weight is 325 g/mol. The van der Waals surface area contributed by atoms with E-state index < -0.39 is 8.80 Å². The molecule has 6 heteroatoms. The van der Waals surface area contributed by atoms with Gasteiger partial charge in [0.2, 0.25) is 0 Å². The van der Waals surface area contributed by atoms with Gasteiger partial charge in [0.1, 0.15) is 0 Å². The van der Waals surface area contributed by atoms with Gasteiger partial charge in [-0.3, -0.25) is 0 Å². The third kappa shape index (κ3) is 14.7. The molecule has 0 spiro atoms. The summed E-state index contributed by atoms with van der Waals surface area (Å²) < 4.78 is 16.2. The first kappa shape index (κ1) is 23.3. The standard InChI is InChI=1S/C13H30O3Si.C2H6O2/c1-5-6-7-8-9-10-11-12-13-17(14-2,15-3)16-4;3-1-2-4/h5-13H2,1-4H3;3-4H,1-2H2. The topological polar surface area (TPSA) is 68.2 Å². The van der Waals surface area contributed by atoms with E-state index in [-0.39, 0.29) is 13.2 Å². The van der Waals surface area contributed by atoms with Gasteiger partial charge in [0.05, 0.1) is 13.2 Å². The molecule has 0 atom stereocenters. The van der Waals surface area contributed by atoms with Gasteiger partial charge in [0, 0.05) is 27.4 Å².